The van der Waals surface area contributed by atoms with Crippen LogP contribution in [-0.4, -0.2) is 14.3 Å². The molecule has 0 aliphatic heterocycles. The number of sulfonamides is 1. The van der Waals surface area contributed by atoms with Gasteiger partial charge in [-0.2, -0.15) is 0 Å². The van der Waals surface area contributed by atoms with Crippen molar-refractivity contribution in [3.8, 4) is 0 Å². The van der Waals surface area contributed by atoms with Crippen molar-refractivity contribution < 1.29 is 13.2 Å². The zero-order valence-electron chi connectivity index (χ0n) is 11.1. The Morgan fingerprint density at radius 3 is 2.33 bits per heavy atom. The van der Waals surface area contributed by atoms with Crippen molar-refractivity contribution in [1.82, 2.24) is 0 Å². The van der Waals surface area contributed by atoms with Crippen LogP contribution in [-0.2, 0) is 10.0 Å². The number of rotatable bonds is 4. The molecule has 0 saturated heterocycles. The molecule has 0 spiro atoms. The fourth-order valence-electron chi connectivity index (χ4n) is 1.79. The lowest BCUT2D eigenvalue weighted by Crippen LogP contribution is -2.15. The highest BCUT2D eigenvalue weighted by Crippen LogP contribution is 2.24. The highest BCUT2D eigenvalue weighted by atomic mass is 35.5. The minimum Gasteiger partial charge on any atom is -0.366 e. The second kappa shape index (κ2) is 5.75. The minimum atomic E-state index is -3.75. The van der Waals surface area contributed by atoms with E-state index in [9.17, 15) is 13.2 Å². The van der Waals surface area contributed by atoms with Gasteiger partial charge in [-0.1, -0.05) is 17.7 Å². The van der Waals surface area contributed by atoms with Crippen molar-refractivity contribution in [2.75, 3.05) is 4.72 Å². The van der Waals surface area contributed by atoms with Crippen molar-refractivity contribution in [3.63, 3.8) is 0 Å². The first-order valence-corrected chi connectivity index (χ1v) is 7.85. The van der Waals surface area contributed by atoms with Gasteiger partial charge < -0.3 is 5.73 Å². The predicted molar refractivity (Wildman–Crippen MR) is 82.0 cm³/mol. The lowest BCUT2D eigenvalue weighted by molar-refractivity contribution is 0.100. The van der Waals surface area contributed by atoms with Gasteiger partial charge in [-0.25, -0.2) is 8.42 Å². The van der Waals surface area contributed by atoms with E-state index in [1.54, 1.807) is 19.1 Å². The van der Waals surface area contributed by atoms with Crippen LogP contribution in [0, 0.1) is 6.92 Å². The summed E-state index contributed by atoms with van der Waals surface area (Å²) in [5, 5.41) is 0.377. The molecule has 2 aromatic carbocycles. The van der Waals surface area contributed by atoms with Gasteiger partial charge in [0.2, 0.25) is 5.91 Å². The Morgan fingerprint density at radius 2 is 1.76 bits per heavy atom. The molecule has 0 atom stereocenters. The molecule has 2 rings (SSSR count). The summed E-state index contributed by atoms with van der Waals surface area (Å²) < 4.78 is 27.1. The Balaban J connectivity index is 2.33. The number of carbonyl (C=O) groups excluding carboxylic acids is 1. The number of nitrogens with two attached hydrogens (primary N) is 1. The van der Waals surface area contributed by atoms with Gasteiger partial charge >= 0.3 is 0 Å². The summed E-state index contributed by atoms with van der Waals surface area (Å²) in [6.07, 6.45) is 0. The SMILES string of the molecule is Cc1c(Cl)cccc1S(=O)(=O)Nc1ccc(C(N)=O)cc1. The fourth-order valence-corrected chi connectivity index (χ4v) is 3.35. The van der Waals surface area contributed by atoms with Crippen molar-refractivity contribution in [2.45, 2.75) is 11.8 Å². The van der Waals surface area contributed by atoms with Gasteiger partial charge in [-0.05, 0) is 48.9 Å². The van der Waals surface area contributed by atoms with Gasteiger partial charge in [-0.3, -0.25) is 9.52 Å². The van der Waals surface area contributed by atoms with E-state index >= 15 is 0 Å². The average molecular weight is 325 g/mol. The van der Waals surface area contributed by atoms with Crippen LogP contribution in [0.25, 0.3) is 0 Å². The second-order valence-electron chi connectivity index (χ2n) is 4.41. The van der Waals surface area contributed by atoms with Crippen LogP contribution in [0.15, 0.2) is 47.4 Å². The molecule has 110 valence electrons. The van der Waals surface area contributed by atoms with E-state index in [1.807, 2.05) is 0 Å². The number of nitrogens with one attached hydrogen (secondary N) is 1. The topological polar surface area (TPSA) is 89.3 Å². The van der Waals surface area contributed by atoms with Crippen molar-refractivity contribution in [3.05, 3.63) is 58.6 Å². The molecule has 21 heavy (non-hydrogen) atoms. The normalized spacial score (nSPS) is 11.1. The van der Waals surface area contributed by atoms with Gasteiger partial charge in [0.1, 0.15) is 0 Å². The molecule has 0 aliphatic carbocycles. The minimum absolute atomic E-state index is 0.106. The van der Waals surface area contributed by atoms with Crippen molar-refractivity contribution in [2.24, 2.45) is 5.73 Å². The summed E-state index contributed by atoms with van der Waals surface area (Å²) in [6.45, 7) is 1.63. The molecule has 0 bridgehead atoms. The number of amides is 1. The quantitative estimate of drug-likeness (QED) is 0.905. The number of primary amides is 1. The van der Waals surface area contributed by atoms with E-state index < -0.39 is 15.9 Å². The molecule has 0 heterocycles. The van der Waals surface area contributed by atoms with Gasteiger partial charge in [0.25, 0.3) is 10.0 Å². The average Bonchev–Trinajstić information content (AvgIpc) is 2.41. The molecular weight excluding hydrogens is 312 g/mol. The lowest BCUT2D eigenvalue weighted by atomic mass is 10.2. The molecule has 0 aliphatic rings. The first-order chi connectivity index (χ1) is 9.81. The van der Waals surface area contributed by atoms with Gasteiger partial charge in [0.15, 0.2) is 0 Å². The van der Waals surface area contributed by atoms with E-state index in [-0.39, 0.29) is 4.90 Å². The fraction of sp³-hybridized carbons (Fsp3) is 0.0714. The number of carbonyl (C=O) groups is 1. The summed E-state index contributed by atoms with van der Waals surface area (Å²) >= 11 is 5.93. The number of halogens is 1. The standard InChI is InChI=1S/C14H13ClN2O3S/c1-9-12(15)3-2-4-13(9)21(19,20)17-11-7-5-10(6-8-11)14(16)18/h2-8,17H,1H3,(H2,16,18). The summed E-state index contributed by atoms with van der Waals surface area (Å²) in [5.74, 6) is -0.574. The highest BCUT2D eigenvalue weighted by molar-refractivity contribution is 7.92. The third-order valence-electron chi connectivity index (χ3n) is 2.93. The molecular formula is C14H13ClN2O3S. The largest absolute Gasteiger partial charge is 0.366 e. The Labute approximate surface area is 127 Å². The number of hydrogen-bond acceptors (Lipinski definition) is 3. The van der Waals surface area contributed by atoms with E-state index in [0.29, 0.717) is 21.8 Å². The maximum absolute atomic E-state index is 12.3. The second-order valence-corrected chi connectivity index (χ2v) is 6.47. The van der Waals surface area contributed by atoms with Crippen LogP contribution in [0.4, 0.5) is 5.69 Å². The van der Waals surface area contributed by atoms with Crippen molar-refractivity contribution >= 4 is 33.2 Å². The van der Waals surface area contributed by atoms with Crippen LogP contribution >= 0.6 is 11.6 Å². The Bertz CT molecular complexity index is 786. The highest BCUT2D eigenvalue weighted by Gasteiger charge is 2.18. The Morgan fingerprint density at radius 1 is 1.14 bits per heavy atom. The molecule has 0 saturated carbocycles. The molecule has 0 aromatic heterocycles. The van der Waals surface area contributed by atoms with Crippen molar-refractivity contribution in [1.29, 1.82) is 0 Å². The maximum atomic E-state index is 12.3. The zero-order valence-corrected chi connectivity index (χ0v) is 12.7. The summed E-state index contributed by atoms with van der Waals surface area (Å²) in [6, 6.07) is 10.5. The van der Waals surface area contributed by atoms with Gasteiger partial charge in [-0.15, -0.1) is 0 Å². The van der Waals surface area contributed by atoms with Gasteiger partial charge in [0, 0.05) is 16.3 Å². The van der Waals surface area contributed by atoms with E-state index in [0.717, 1.165) is 0 Å². The van der Waals surface area contributed by atoms with Crippen LogP contribution in [0.5, 0.6) is 0 Å². The van der Waals surface area contributed by atoms with Crippen LogP contribution in [0.2, 0.25) is 5.02 Å². The third-order valence-corrected chi connectivity index (χ3v) is 4.86. The molecule has 7 heteroatoms. The molecule has 0 unspecified atom stereocenters. The van der Waals surface area contributed by atoms with Crippen LogP contribution in [0.1, 0.15) is 15.9 Å². The smallest absolute Gasteiger partial charge is 0.262 e. The number of anilines is 1. The first kappa shape index (κ1) is 15.3. The summed E-state index contributed by atoms with van der Waals surface area (Å²) in [5.41, 5.74) is 6.23. The molecule has 5 nitrogen and oxygen atoms in total. The third kappa shape index (κ3) is 3.34. The van der Waals surface area contributed by atoms with E-state index in [2.05, 4.69) is 4.72 Å². The van der Waals surface area contributed by atoms with Crippen LogP contribution in [0.3, 0.4) is 0 Å². The molecule has 1 amide bonds. The zero-order chi connectivity index (χ0) is 15.6. The summed E-state index contributed by atoms with van der Waals surface area (Å²) in [4.78, 5) is 11.1. The molecule has 0 radical (unpaired) electrons. The Hall–Kier alpha value is -2.05. The molecule has 0 fully saturated rings. The summed E-state index contributed by atoms with van der Waals surface area (Å²) in [7, 11) is -3.75. The van der Waals surface area contributed by atoms with Gasteiger partial charge in [0.05, 0.1) is 4.90 Å². The molecule has 2 aromatic rings. The van der Waals surface area contributed by atoms with Crippen LogP contribution < -0.4 is 10.5 Å². The first-order valence-electron chi connectivity index (χ1n) is 5.99. The maximum Gasteiger partial charge on any atom is 0.262 e. The van der Waals surface area contributed by atoms with E-state index in [1.165, 1.54) is 30.3 Å². The Kier molecular flexibility index (Phi) is 4.20. The number of benzene rings is 2. The monoisotopic (exact) mass is 324 g/mol. The number of hydrogen-bond donors (Lipinski definition) is 2. The lowest BCUT2D eigenvalue weighted by Gasteiger charge is -2.11. The van der Waals surface area contributed by atoms with E-state index in [4.69, 9.17) is 17.3 Å². The predicted octanol–water partition coefficient (Wildman–Crippen LogP) is 2.55. The molecule has 3 N–H and O–H groups in total.